The van der Waals surface area contributed by atoms with Crippen molar-refractivity contribution in [2.45, 2.75) is 0 Å². The number of hydrogen-bond acceptors (Lipinski definition) is 4. The lowest BCUT2D eigenvalue weighted by Gasteiger charge is -2.10. The highest BCUT2D eigenvalue weighted by atomic mass is 32.1. The van der Waals surface area contributed by atoms with Gasteiger partial charge in [0.25, 0.3) is 0 Å². The first-order chi connectivity index (χ1) is 18.8. The summed E-state index contributed by atoms with van der Waals surface area (Å²) in [5, 5.41) is 3.63. The minimum absolute atomic E-state index is 0.864. The Bertz CT molecular complexity index is 2130. The first kappa shape index (κ1) is 21.2. The van der Waals surface area contributed by atoms with Gasteiger partial charge in [-0.2, -0.15) is 0 Å². The fraction of sp³-hybridized carbons (Fsp3) is 0. The predicted octanol–water partition coefficient (Wildman–Crippen LogP) is 8.67. The lowest BCUT2D eigenvalue weighted by molar-refractivity contribution is 1.08. The van der Waals surface area contributed by atoms with Crippen LogP contribution >= 0.6 is 11.3 Å². The molecule has 5 heterocycles. The lowest BCUT2D eigenvalue weighted by Crippen LogP contribution is -1.99. The number of pyridine rings is 3. The van der Waals surface area contributed by atoms with Crippen molar-refractivity contribution < 1.29 is 0 Å². The largest absolute Gasteiger partial charge is 0.291 e. The Morgan fingerprint density at radius 3 is 2.32 bits per heavy atom. The average molecular weight is 505 g/mol. The van der Waals surface area contributed by atoms with Gasteiger partial charge in [-0.25, -0.2) is 9.97 Å². The zero-order valence-electron chi connectivity index (χ0n) is 20.2. The summed E-state index contributed by atoms with van der Waals surface area (Å²) < 4.78 is 4.82. The number of rotatable bonds is 3. The van der Waals surface area contributed by atoms with E-state index < -0.39 is 0 Å². The molecule has 8 rings (SSSR count). The van der Waals surface area contributed by atoms with Crippen LogP contribution in [0.3, 0.4) is 0 Å². The molecule has 0 bridgehead atoms. The maximum absolute atomic E-state index is 5.22. The Labute approximate surface area is 222 Å². The van der Waals surface area contributed by atoms with Crippen LogP contribution in [-0.2, 0) is 0 Å². The highest BCUT2D eigenvalue weighted by Crippen LogP contribution is 2.42. The average Bonchev–Trinajstić information content (AvgIpc) is 3.53. The topological polar surface area (TPSA) is 43.6 Å². The van der Waals surface area contributed by atoms with E-state index in [9.17, 15) is 0 Å². The van der Waals surface area contributed by atoms with Gasteiger partial charge in [-0.1, -0.05) is 54.6 Å². The van der Waals surface area contributed by atoms with Crippen molar-refractivity contribution in [1.29, 1.82) is 0 Å². The van der Waals surface area contributed by atoms with Crippen LogP contribution in [0.4, 0.5) is 0 Å². The van der Waals surface area contributed by atoms with E-state index in [1.807, 2.05) is 41.8 Å². The van der Waals surface area contributed by atoms with Crippen molar-refractivity contribution in [2.75, 3.05) is 0 Å². The molecule has 38 heavy (non-hydrogen) atoms. The summed E-state index contributed by atoms with van der Waals surface area (Å²) in [6.45, 7) is 0. The van der Waals surface area contributed by atoms with E-state index in [2.05, 4.69) is 94.5 Å². The number of benzene rings is 3. The molecule has 0 saturated carbocycles. The molecule has 0 amide bonds. The molecule has 0 aliphatic heterocycles. The van der Waals surface area contributed by atoms with Crippen molar-refractivity contribution in [3.05, 3.63) is 122 Å². The molecule has 3 aromatic carbocycles. The normalized spacial score (nSPS) is 11.7. The van der Waals surface area contributed by atoms with Gasteiger partial charge in [-0.3, -0.25) is 9.55 Å². The molecule has 8 aromatic rings. The fourth-order valence-corrected chi connectivity index (χ4v) is 6.51. The van der Waals surface area contributed by atoms with E-state index >= 15 is 0 Å². The third-order valence-corrected chi connectivity index (χ3v) is 8.24. The van der Waals surface area contributed by atoms with Gasteiger partial charge in [-0.05, 0) is 54.6 Å². The Morgan fingerprint density at radius 1 is 0.579 bits per heavy atom. The van der Waals surface area contributed by atoms with E-state index in [1.165, 1.54) is 20.2 Å². The SMILES string of the molecule is c1ccc(-c2ccc3c(n2)c2ccc4sc5ccccc5c4c2n3-c2cccc(-c3cccnc3)n2)cc1. The second-order valence-corrected chi connectivity index (χ2v) is 10.4. The molecule has 0 aliphatic carbocycles. The standard InChI is InChI=1S/C33H20N4S/c1-2-8-21(9-3-1)26-16-17-27-32(36-26)24-15-18-29-31(23-11-4-5-13-28(23)38-29)33(24)37(27)30-14-6-12-25(35-30)22-10-7-19-34-20-22/h1-20H. The zero-order valence-corrected chi connectivity index (χ0v) is 21.1. The zero-order chi connectivity index (χ0) is 25.1. The van der Waals surface area contributed by atoms with Crippen LogP contribution in [0.25, 0.3) is 70.4 Å². The number of aromatic nitrogens is 4. The Kier molecular flexibility index (Phi) is 4.66. The van der Waals surface area contributed by atoms with Crippen LogP contribution in [0.15, 0.2) is 122 Å². The van der Waals surface area contributed by atoms with E-state index in [-0.39, 0.29) is 0 Å². The minimum atomic E-state index is 0.864. The highest BCUT2D eigenvalue weighted by molar-refractivity contribution is 7.26. The number of nitrogens with zero attached hydrogens (tertiary/aromatic N) is 4. The fourth-order valence-electron chi connectivity index (χ4n) is 5.40. The van der Waals surface area contributed by atoms with Crippen molar-refractivity contribution in [3.63, 3.8) is 0 Å². The van der Waals surface area contributed by atoms with Gasteiger partial charge in [0.1, 0.15) is 5.82 Å². The second kappa shape index (κ2) is 8.33. The first-order valence-corrected chi connectivity index (χ1v) is 13.4. The molecule has 4 nitrogen and oxygen atoms in total. The summed E-state index contributed by atoms with van der Waals surface area (Å²) in [4.78, 5) is 14.7. The van der Waals surface area contributed by atoms with Crippen LogP contribution in [0.5, 0.6) is 0 Å². The molecule has 0 radical (unpaired) electrons. The molecular formula is C33H20N4S. The minimum Gasteiger partial charge on any atom is -0.291 e. The van der Waals surface area contributed by atoms with Gasteiger partial charge in [0.15, 0.2) is 0 Å². The van der Waals surface area contributed by atoms with Crippen molar-refractivity contribution in [3.8, 4) is 28.3 Å². The van der Waals surface area contributed by atoms with E-state index in [0.29, 0.717) is 0 Å². The Balaban J connectivity index is 1.51. The van der Waals surface area contributed by atoms with Crippen LogP contribution in [-0.4, -0.2) is 19.5 Å². The molecule has 0 atom stereocenters. The summed E-state index contributed by atoms with van der Waals surface area (Å²) in [6.07, 6.45) is 3.64. The highest BCUT2D eigenvalue weighted by Gasteiger charge is 2.20. The van der Waals surface area contributed by atoms with E-state index in [0.717, 1.165) is 50.3 Å². The first-order valence-electron chi connectivity index (χ1n) is 12.5. The molecule has 178 valence electrons. The smallest absolute Gasteiger partial charge is 0.138 e. The van der Waals surface area contributed by atoms with Crippen LogP contribution in [0.2, 0.25) is 0 Å². The summed E-state index contributed by atoms with van der Waals surface area (Å²) in [5.74, 6) is 0.864. The number of fused-ring (bicyclic) bond motifs is 7. The van der Waals surface area contributed by atoms with Gasteiger partial charge in [0.2, 0.25) is 0 Å². The molecule has 0 aliphatic rings. The van der Waals surface area contributed by atoms with Crippen LogP contribution < -0.4 is 0 Å². The third-order valence-electron chi connectivity index (χ3n) is 7.10. The van der Waals surface area contributed by atoms with Crippen molar-refractivity contribution in [1.82, 2.24) is 19.5 Å². The molecule has 0 spiro atoms. The summed E-state index contributed by atoms with van der Waals surface area (Å²) in [7, 11) is 0. The number of hydrogen-bond donors (Lipinski definition) is 0. The van der Waals surface area contributed by atoms with Crippen molar-refractivity contribution in [2.24, 2.45) is 0 Å². The van der Waals surface area contributed by atoms with Gasteiger partial charge < -0.3 is 0 Å². The van der Waals surface area contributed by atoms with Gasteiger partial charge in [0.05, 0.1) is 27.9 Å². The quantitative estimate of drug-likeness (QED) is 0.242. The lowest BCUT2D eigenvalue weighted by atomic mass is 10.1. The maximum Gasteiger partial charge on any atom is 0.138 e. The van der Waals surface area contributed by atoms with E-state index in [4.69, 9.17) is 9.97 Å². The Hall–Kier alpha value is -4.87. The van der Waals surface area contributed by atoms with Crippen LogP contribution in [0.1, 0.15) is 0 Å². The van der Waals surface area contributed by atoms with Crippen molar-refractivity contribution >= 4 is 53.4 Å². The molecule has 0 saturated heterocycles. The molecule has 5 heteroatoms. The Morgan fingerprint density at radius 2 is 1.42 bits per heavy atom. The van der Waals surface area contributed by atoms with Gasteiger partial charge >= 0.3 is 0 Å². The summed E-state index contributed by atoms with van der Waals surface area (Å²) >= 11 is 1.83. The monoisotopic (exact) mass is 504 g/mol. The number of thiophene rings is 1. The molecule has 5 aromatic heterocycles. The predicted molar refractivity (Wildman–Crippen MR) is 158 cm³/mol. The van der Waals surface area contributed by atoms with Crippen LogP contribution in [0, 0.1) is 0 Å². The second-order valence-electron chi connectivity index (χ2n) is 9.32. The van der Waals surface area contributed by atoms with E-state index in [1.54, 1.807) is 6.20 Å². The third kappa shape index (κ3) is 3.19. The maximum atomic E-state index is 5.22. The molecule has 0 fully saturated rings. The van der Waals surface area contributed by atoms with Gasteiger partial charge in [0, 0.05) is 49.1 Å². The summed E-state index contributed by atoms with van der Waals surface area (Å²) in [6, 6.07) is 37.9. The van der Waals surface area contributed by atoms with Gasteiger partial charge in [-0.15, -0.1) is 11.3 Å². The molecule has 0 N–H and O–H groups in total. The summed E-state index contributed by atoms with van der Waals surface area (Å²) in [5.41, 5.74) is 7.11. The molecular weight excluding hydrogens is 484 g/mol. The molecule has 0 unspecified atom stereocenters.